The van der Waals surface area contributed by atoms with Crippen LogP contribution in [-0.2, 0) is 0 Å². The number of hydrazine groups is 1. The Hall–Kier alpha value is -3.00. The van der Waals surface area contributed by atoms with E-state index < -0.39 is 0 Å². The SMILES string of the molecule is COc1cncc(OC[C@H]2CCNC2)c1C1CC(Nc2cnc(C#N)cn2)NN1. The second kappa shape index (κ2) is 9.00. The van der Waals surface area contributed by atoms with Crippen LogP contribution in [0.2, 0.25) is 0 Å². The molecular weight excluding hydrogens is 372 g/mol. The highest BCUT2D eigenvalue weighted by Gasteiger charge is 2.30. The standard InChI is InChI=1S/C19H24N8O2/c1-28-15-8-22-9-16(29-11-12-2-3-21-6-12)19(15)14-4-17(27-26-14)25-18-10-23-13(5-20)7-24-18/h7-10,12,14,17,21,26-27H,2-4,6,11H2,1H3,(H,24,25)/t12-,14?,17?/m0/s1. The van der Waals surface area contributed by atoms with Gasteiger partial charge in [-0.15, -0.1) is 0 Å². The molecule has 3 atom stereocenters. The molecule has 4 N–H and O–H groups in total. The third-order valence-electron chi connectivity index (χ3n) is 5.11. The zero-order valence-corrected chi connectivity index (χ0v) is 16.2. The van der Waals surface area contributed by atoms with Crippen molar-refractivity contribution in [3.63, 3.8) is 0 Å². The molecule has 2 unspecified atom stereocenters. The van der Waals surface area contributed by atoms with Crippen molar-refractivity contribution in [2.75, 3.05) is 32.1 Å². The summed E-state index contributed by atoms with van der Waals surface area (Å²) in [5.41, 5.74) is 7.74. The van der Waals surface area contributed by atoms with E-state index in [1.165, 1.54) is 6.20 Å². The third kappa shape index (κ3) is 4.54. The maximum atomic E-state index is 8.83. The highest BCUT2D eigenvalue weighted by molar-refractivity contribution is 5.45. The highest BCUT2D eigenvalue weighted by Crippen LogP contribution is 2.37. The molecule has 29 heavy (non-hydrogen) atoms. The lowest BCUT2D eigenvalue weighted by molar-refractivity contribution is 0.252. The van der Waals surface area contributed by atoms with Crippen molar-refractivity contribution in [3.05, 3.63) is 36.0 Å². The number of ether oxygens (including phenoxy) is 2. The number of nitrogens with one attached hydrogen (secondary N) is 4. The van der Waals surface area contributed by atoms with Crippen LogP contribution in [0.4, 0.5) is 5.82 Å². The molecule has 0 aromatic carbocycles. The molecule has 10 heteroatoms. The first kappa shape index (κ1) is 19.3. The number of aromatic nitrogens is 3. The quantitative estimate of drug-likeness (QED) is 0.531. The second-order valence-corrected chi connectivity index (χ2v) is 7.10. The maximum absolute atomic E-state index is 8.83. The summed E-state index contributed by atoms with van der Waals surface area (Å²) >= 11 is 0. The van der Waals surface area contributed by atoms with Crippen molar-refractivity contribution in [2.45, 2.75) is 25.0 Å². The van der Waals surface area contributed by atoms with E-state index in [0.717, 1.165) is 37.2 Å². The lowest BCUT2D eigenvalue weighted by atomic mass is 10.0. The Bertz CT molecular complexity index is 864. The predicted molar refractivity (Wildman–Crippen MR) is 105 cm³/mol. The fraction of sp³-hybridized carbons (Fsp3) is 0.474. The number of hydrogen-bond donors (Lipinski definition) is 4. The molecule has 2 aliphatic rings. The molecule has 0 radical (unpaired) electrons. The molecule has 4 heterocycles. The van der Waals surface area contributed by atoms with Gasteiger partial charge in [0.2, 0.25) is 0 Å². The van der Waals surface area contributed by atoms with E-state index in [9.17, 15) is 0 Å². The summed E-state index contributed by atoms with van der Waals surface area (Å²) in [6, 6.07) is 1.93. The summed E-state index contributed by atoms with van der Waals surface area (Å²) < 4.78 is 11.7. The number of nitrogens with zero attached hydrogens (tertiary/aromatic N) is 4. The zero-order valence-electron chi connectivity index (χ0n) is 16.2. The van der Waals surface area contributed by atoms with Gasteiger partial charge >= 0.3 is 0 Å². The Morgan fingerprint density at radius 2 is 2.10 bits per heavy atom. The van der Waals surface area contributed by atoms with E-state index in [4.69, 9.17) is 14.7 Å². The zero-order chi connectivity index (χ0) is 20.1. The van der Waals surface area contributed by atoms with Gasteiger partial charge in [0, 0.05) is 18.9 Å². The summed E-state index contributed by atoms with van der Waals surface area (Å²) in [4.78, 5) is 12.5. The molecule has 2 fully saturated rings. The first-order valence-electron chi connectivity index (χ1n) is 9.62. The molecule has 4 rings (SSSR count). The molecule has 0 bridgehead atoms. The normalized spacial score (nSPS) is 23.5. The molecule has 0 saturated carbocycles. The smallest absolute Gasteiger partial charge is 0.158 e. The topological polar surface area (TPSA) is 129 Å². The molecule has 0 aliphatic carbocycles. The largest absolute Gasteiger partial charge is 0.495 e. The van der Waals surface area contributed by atoms with E-state index in [0.29, 0.717) is 24.1 Å². The minimum atomic E-state index is -0.0769. The monoisotopic (exact) mass is 396 g/mol. The van der Waals surface area contributed by atoms with Crippen LogP contribution in [0.25, 0.3) is 0 Å². The number of rotatable bonds is 7. The van der Waals surface area contributed by atoms with Crippen LogP contribution in [0, 0.1) is 17.2 Å². The summed E-state index contributed by atoms with van der Waals surface area (Å²) in [5, 5.41) is 15.5. The summed E-state index contributed by atoms with van der Waals surface area (Å²) in [6.07, 6.45) is 8.20. The molecular formula is C19H24N8O2. The van der Waals surface area contributed by atoms with E-state index in [1.54, 1.807) is 25.7 Å². The highest BCUT2D eigenvalue weighted by atomic mass is 16.5. The van der Waals surface area contributed by atoms with E-state index in [-0.39, 0.29) is 17.9 Å². The molecule has 152 valence electrons. The van der Waals surface area contributed by atoms with Gasteiger partial charge in [0.15, 0.2) is 5.69 Å². The van der Waals surface area contributed by atoms with Gasteiger partial charge in [-0.2, -0.15) is 5.26 Å². The Morgan fingerprint density at radius 3 is 2.83 bits per heavy atom. The van der Waals surface area contributed by atoms with Crippen LogP contribution < -0.4 is 31.0 Å². The Morgan fingerprint density at radius 1 is 1.21 bits per heavy atom. The first-order valence-corrected chi connectivity index (χ1v) is 9.62. The van der Waals surface area contributed by atoms with Gasteiger partial charge in [-0.25, -0.2) is 20.8 Å². The van der Waals surface area contributed by atoms with Gasteiger partial charge in [0.05, 0.1) is 56.3 Å². The van der Waals surface area contributed by atoms with Crippen molar-refractivity contribution in [2.24, 2.45) is 5.92 Å². The number of hydrogen-bond acceptors (Lipinski definition) is 10. The lowest BCUT2D eigenvalue weighted by Gasteiger charge is -2.20. The van der Waals surface area contributed by atoms with Crippen LogP contribution in [0.5, 0.6) is 11.5 Å². The lowest BCUT2D eigenvalue weighted by Crippen LogP contribution is -2.36. The number of nitriles is 1. The minimum Gasteiger partial charge on any atom is -0.495 e. The number of pyridine rings is 1. The van der Waals surface area contributed by atoms with Gasteiger partial charge in [0.1, 0.15) is 23.4 Å². The van der Waals surface area contributed by atoms with Gasteiger partial charge in [-0.3, -0.25) is 4.98 Å². The average molecular weight is 396 g/mol. The van der Waals surface area contributed by atoms with Crippen LogP contribution in [0.15, 0.2) is 24.8 Å². The fourth-order valence-electron chi connectivity index (χ4n) is 3.60. The van der Waals surface area contributed by atoms with Crippen LogP contribution >= 0.6 is 0 Å². The fourth-order valence-corrected chi connectivity index (χ4v) is 3.60. The van der Waals surface area contributed by atoms with E-state index >= 15 is 0 Å². The van der Waals surface area contributed by atoms with Crippen LogP contribution in [0.3, 0.4) is 0 Å². The van der Waals surface area contributed by atoms with Gasteiger partial charge in [-0.1, -0.05) is 0 Å². The van der Waals surface area contributed by atoms with E-state index in [1.807, 2.05) is 6.07 Å². The molecule has 2 saturated heterocycles. The van der Waals surface area contributed by atoms with Crippen LogP contribution in [0.1, 0.15) is 30.1 Å². The third-order valence-corrected chi connectivity index (χ3v) is 5.11. The molecule has 10 nitrogen and oxygen atoms in total. The molecule has 2 aromatic rings. The Kier molecular flexibility index (Phi) is 6.00. The van der Waals surface area contributed by atoms with Crippen molar-refractivity contribution < 1.29 is 9.47 Å². The average Bonchev–Trinajstić information content (AvgIpc) is 3.44. The summed E-state index contributed by atoms with van der Waals surface area (Å²) in [5.74, 6) is 2.52. The second-order valence-electron chi connectivity index (χ2n) is 7.10. The minimum absolute atomic E-state index is 0.0338. The molecule has 2 aromatic heterocycles. The molecule has 0 amide bonds. The Balaban J connectivity index is 1.44. The van der Waals surface area contributed by atoms with Crippen LogP contribution in [-0.4, -0.2) is 47.9 Å². The summed E-state index contributed by atoms with van der Waals surface area (Å²) in [7, 11) is 1.63. The maximum Gasteiger partial charge on any atom is 0.158 e. The van der Waals surface area contributed by atoms with Gasteiger partial charge < -0.3 is 20.1 Å². The Labute approximate surface area is 169 Å². The number of anilines is 1. The van der Waals surface area contributed by atoms with Gasteiger partial charge in [-0.05, 0) is 13.0 Å². The first-order chi connectivity index (χ1) is 14.3. The van der Waals surface area contributed by atoms with Crippen molar-refractivity contribution in [3.8, 4) is 17.6 Å². The van der Waals surface area contributed by atoms with E-state index in [2.05, 4.69) is 36.4 Å². The predicted octanol–water partition coefficient (Wildman–Crippen LogP) is 0.717. The van der Waals surface area contributed by atoms with Crippen molar-refractivity contribution in [1.82, 2.24) is 31.1 Å². The molecule has 2 aliphatic heterocycles. The summed E-state index contributed by atoms with van der Waals surface area (Å²) in [6.45, 7) is 2.67. The van der Waals surface area contributed by atoms with Crippen molar-refractivity contribution in [1.29, 1.82) is 5.26 Å². The van der Waals surface area contributed by atoms with Gasteiger partial charge in [0.25, 0.3) is 0 Å². The molecule has 0 spiro atoms. The van der Waals surface area contributed by atoms with Crippen molar-refractivity contribution >= 4 is 5.82 Å². The number of methoxy groups -OCH3 is 1.